The number of aryl methyl sites for hydroxylation is 1. The molecule has 0 atom stereocenters. The first-order chi connectivity index (χ1) is 8.63. The molecule has 0 aliphatic rings. The number of pyridine rings is 1. The van der Waals surface area contributed by atoms with E-state index in [4.69, 9.17) is 5.73 Å². The smallest absolute Gasteiger partial charge is 0.224 e. The Morgan fingerprint density at radius 3 is 2.72 bits per heavy atom. The second kappa shape index (κ2) is 8.21. The molecular weight excluding hydrogens is 294 g/mol. The van der Waals surface area contributed by atoms with Gasteiger partial charge in [-0.1, -0.05) is 12.8 Å². The van der Waals surface area contributed by atoms with E-state index < -0.39 is 0 Å². The Labute approximate surface area is 116 Å². The number of nitrogens with one attached hydrogen (secondary N) is 1. The standard InChI is InChI=1S/C13H20BrN3O/c1-10-11(7-8-12(14)16-10)17-13(18)6-4-2-3-5-9-15/h7-8H,2-6,9,15H2,1H3,(H,17,18). The largest absolute Gasteiger partial charge is 0.330 e. The van der Waals surface area contributed by atoms with Crippen molar-refractivity contribution >= 4 is 27.5 Å². The molecule has 1 amide bonds. The Hall–Kier alpha value is -0.940. The molecule has 0 aliphatic heterocycles. The van der Waals surface area contributed by atoms with Crippen LogP contribution in [0, 0.1) is 6.92 Å². The number of carbonyl (C=O) groups is 1. The molecule has 0 aromatic carbocycles. The molecule has 0 aliphatic carbocycles. The fraction of sp³-hybridized carbons (Fsp3) is 0.538. The molecule has 18 heavy (non-hydrogen) atoms. The Bertz CT molecular complexity index is 396. The van der Waals surface area contributed by atoms with Crippen LogP contribution in [-0.2, 0) is 4.79 Å². The van der Waals surface area contributed by atoms with Crippen LogP contribution < -0.4 is 11.1 Å². The quantitative estimate of drug-likeness (QED) is 0.600. The van der Waals surface area contributed by atoms with Gasteiger partial charge in [0.05, 0.1) is 11.4 Å². The van der Waals surface area contributed by atoms with Gasteiger partial charge in [0.2, 0.25) is 5.91 Å². The monoisotopic (exact) mass is 313 g/mol. The number of anilines is 1. The van der Waals surface area contributed by atoms with Crippen LogP contribution in [0.5, 0.6) is 0 Å². The summed E-state index contributed by atoms with van der Waals surface area (Å²) in [5, 5.41) is 2.88. The second-order valence-electron chi connectivity index (χ2n) is 4.27. The van der Waals surface area contributed by atoms with E-state index in [1.54, 1.807) is 0 Å². The molecule has 1 aromatic heterocycles. The zero-order valence-electron chi connectivity index (χ0n) is 10.7. The van der Waals surface area contributed by atoms with E-state index in [9.17, 15) is 4.79 Å². The Balaban J connectivity index is 2.31. The average molecular weight is 314 g/mol. The van der Waals surface area contributed by atoms with Gasteiger partial charge in [-0.15, -0.1) is 0 Å². The number of hydrogen-bond donors (Lipinski definition) is 2. The molecule has 3 N–H and O–H groups in total. The Morgan fingerprint density at radius 2 is 2.06 bits per heavy atom. The highest BCUT2D eigenvalue weighted by atomic mass is 79.9. The summed E-state index contributed by atoms with van der Waals surface area (Å²) in [6.07, 6.45) is 4.66. The Morgan fingerprint density at radius 1 is 1.33 bits per heavy atom. The van der Waals surface area contributed by atoms with Gasteiger partial charge in [0.25, 0.3) is 0 Å². The van der Waals surface area contributed by atoms with Gasteiger partial charge in [0, 0.05) is 6.42 Å². The van der Waals surface area contributed by atoms with Gasteiger partial charge in [-0.05, 0) is 54.4 Å². The molecule has 0 saturated heterocycles. The van der Waals surface area contributed by atoms with Gasteiger partial charge in [0.15, 0.2) is 0 Å². The van der Waals surface area contributed by atoms with Crippen molar-refractivity contribution in [3.8, 4) is 0 Å². The summed E-state index contributed by atoms with van der Waals surface area (Å²) in [6, 6.07) is 3.68. The highest BCUT2D eigenvalue weighted by Gasteiger charge is 2.05. The van der Waals surface area contributed by atoms with E-state index in [1.165, 1.54) is 0 Å². The summed E-state index contributed by atoms with van der Waals surface area (Å²) in [4.78, 5) is 15.9. The van der Waals surface area contributed by atoms with Crippen molar-refractivity contribution in [2.75, 3.05) is 11.9 Å². The minimum Gasteiger partial charge on any atom is -0.330 e. The first kappa shape index (κ1) is 15.1. The summed E-state index contributed by atoms with van der Waals surface area (Å²) in [7, 11) is 0. The van der Waals surface area contributed by atoms with Crippen LogP contribution in [0.1, 0.15) is 37.8 Å². The number of unbranched alkanes of at least 4 members (excludes halogenated alkanes) is 3. The van der Waals surface area contributed by atoms with E-state index in [-0.39, 0.29) is 5.91 Å². The first-order valence-corrected chi connectivity index (χ1v) is 7.06. The van der Waals surface area contributed by atoms with E-state index in [0.29, 0.717) is 6.42 Å². The van der Waals surface area contributed by atoms with Crippen LogP contribution in [0.4, 0.5) is 5.69 Å². The molecule has 0 bridgehead atoms. The van der Waals surface area contributed by atoms with Crippen molar-refractivity contribution in [2.45, 2.75) is 39.0 Å². The molecule has 1 rings (SSSR count). The van der Waals surface area contributed by atoms with Gasteiger partial charge in [-0.2, -0.15) is 0 Å². The minimum absolute atomic E-state index is 0.0509. The molecule has 0 radical (unpaired) electrons. The van der Waals surface area contributed by atoms with Crippen LogP contribution >= 0.6 is 15.9 Å². The van der Waals surface area contributed by atoms with E-state index in [1.807, 2.05) is 19.1 Å². The summed E-state index contributed by atoms with van der Waals surface area (Å²) in [5.41, 5.74) is 7.01. The third-order valence-electron chi connectivity index (χ3n) is 2.68. The lowest BCUT2D eigenvalue weighted by molar-refractivity contribution is -0.116. The van der Waals surface area contributed by atoms with Gasteiger partial charge in [0.1, 0.15) is 4.60 Å². The molecule has 0 fully saturated rings. The zero-order valence-corrected chi connectivity index (χ0v) is 12.3. The maximum atomic E-state index is 11.7. The van der Waals surface area contributed by atoms with Crippen LogP contribution in [0.25, 0.3) is 0 Å². The van der Waals surface area contributed by atoms with Crippen molar-refractivity contribution in [1.82, 2.24) is 4.98 Å². The fourth-order valence-corrected chi connectivity index (χ4v) is 2.06. The van der Waals surface area contributed by atoms with Crippen LogP contribution in [0.15, 0.2) is 16.7 Å². The second-order valence-corrected chi connectivity index (χ2v) is 5.08. The van der Waals surface area contributed by atoms with E-state index in [2.05, 4.69) is 26.2 Å². The predicted molar refractivity (Wildman–Crippen MR) is 77.4 cm³/mol. The molecule has 0 unspecified atom stereocenters. The van der Waals surface area contributed by atoms with Gasteiger partial charge < -0.3 is 11.1 Å². The molecular formula is C13H20BrN3O. The topological polar surface area (TPSA) is 68.0 Å². The van der Waals surface area contributed by atoms with Gasteiger partial charge in [-0.25, -0.2) is 4.98 Å². The number of carbonyl (C=O) groups excluding carboxylic acids is 1. The maximum Gasteiger partial charge on any atom is 0.224 e. The highest BCUT2D eigenvalue weighted by Crippen LogP contribution is 2.16. The lowest BCUT2D eigenvalue weighted by Crippen LogP contribution is -2.12. The fourth-order valence-electron chi connectivity index (χ4n) is 1.66. The van der Waals surface area contributed by atoms with Crippen LogP contribution in [0.2, 0.25) is 0 Å². The first-order valence-electron chi connectivity index (χ1n) is 6.26. The van der Waals surface area contributed by atoms with Crippen LogP contribution in [0.3, 0.4) is 0 Å². The minimum atomic E-state index is 0.0509. The zero-order chi connectivity index (χ0) is 13.4. The third kappa shape index (κ3) is 5.60. The lowest BCUT2D eigenvalue weighted by atomic mass is 10.1. The highest BCUT2D eigenvalue weighted by molar-refractivity contribution is 9.10. The lowest BCUT2D eigenvalue weighted by Gasteiger charge is -2.07. The van der Waals surface area contributed by atoms with Crippen LogP contribution in [-0.4, -0.2) is 17.4 Å². The number of nitrogens with zero attached hydrogens (tertiary/aromatic N) is 1. The summed E-state index contributed by atoms with van der Waals surface area (Å²) < 4.78 is 0.778. The molecule has 0 saturated carbocycles. The summed E-state index contributed by atoms with van der Waals surface area (Å²) in [5.74, 6) is 0.0509. The molecule has 0 spiro atoms. The normalized spacial score (nSPS) is 10.4. The van der Waals surface area contributed by atoms with Gasteiger partial charge in [-0.3, -0.25) is 4.79 Å². The Kier molecular flexibility index (Phi) is 6.90. The molecule has 100 valence electrons. The van der Waals surface area contributed by atoms with Gasteiger partial charge >= 0.3 is 0 Å². The molecule has 4 nitrogen and oxygen atoms in total. The number of halogens is 1. The van der Waals surface area contributed by atoms with Crippen molar-refractivity contribution in [1.29, 1.82) is 0 Å². The third-order valence-corrected chi connectivity index (χ3v) is 3.13. The maximum absolute atomic E-state index is 11.7. The average Bonchev–Trinajstić information content (AvgIpc) is 2.32. The van der Waals surface area contributed by atoms with Crippen molar-refractivity contribution in [2.24, 2.45) is 5.73 Å². The van der Waals surface area contributed by atoms with E-state index in [0.717, 1.165) is 48.2 Å². The molecule has 1 heterocycles. The number of amides is 1. The van der Waals surface area contributed by atoms with Crippen molar-refractivity contribution in [3.63, 3.8) is 0 Å². The number of nitrogens with two attached hydrogens (primary N) is 1. The SMILES string of the molecule is Cc1nc(Br)ccc1NC(=O)CCCCCCN. The summed E-state index contributed by atoms with van der Waals surface area (Å²) >= 11 is 3.29. The molecule has 5 heteroatoms. The molecule has 1 aromatic rings. The van der Waals surface area contributed by atoms with E-state index >= 15 is 0 Å². The number of rotatable bonds is 7. The predicted octanol–water partition coefficient (Wildman–Crippen LogP) is 3.00. The number of aromatic nitrogens is 1. The van der Waals surface area contributed by atoms with Crippen molar-refractivity contribution in [3.05, 3.63) is 22.4 Å². The summed E-state index contributed by atoms with van der Waals surface area (Å²) in [6.45, 7) is 2.61. The number of hydrogen-bond acceptors (Lipinski definition) is 3. The van der Waals surface area contributed by atoms with Crippen molar-refractivity contribution < 1.29 is 4.79 Å².